The van der Waals surface area contributed by atoms with Crippen LogP contribution in [0.4, 0.5) is 23.0 Å². The molecule has 0 radical (unpaired) electrons. The van der Waals surface area contributed by atoms with Crippen molar-refractivity contribution in [2.24, 2.45) is 0 Å². The average molecular weight is 479 g/mol. The molecule has 3 heterocycles. The predicted octanol–water partition coefficient (Wildman–Crippen LogP) is 3.16. The molecule has 2 aliphatic rings. The number of benzene rings is 1. The monoisotopic (exact) mass is 479 g/mol. The van der Waals surface area contributed by atoms with E-state index >= 15 is 0 Å². The van der Waals surface area contributed by atoms with Gasteiger partial charge in [-0.3, -0.25) is 14.9 Å². The maximum atomic E-state index is 11.9. The Bertz CT molecular complexity index is 1280. The molecule has 12 nitrogen and oxygen atoms in total. The van der Waals surface area contributed by atoms with Gasteiger partial charge in [0.2, 0.25) is 5.95 Å². The van der Waals surface area contributed by atoms with Crippen molar-refractivity contribution in [1.82, 2.24) is 19.7 Å². The van der Waals surface area contributed by atoms with Crippen molar-refractivity contribution in [2.45, 2.75) is 25.7 Å². The molecule has 1 aromatic carbocycles. The van der Waals surface area contributed by atoms with Gasteiger partial charge >= 0.3 is 0 Å². The molecule has 0 unspecified atom stereocenters. The van der Waals surface area contributed by atoms with E-state index in [0.29, 0.717) is 60.7 Å². The van der Waals surface area contributed by atoms with Crippen LogP contribution in [-0.2, 0) is 4.74 Å². The molecule has 3 aromatic rings. The molecular formula is C23H25N7O5. The van der Waals surface area contributed by atoms with Crippen molar-refractivity contribution in [1.29, 1.82) is 0 Å². The highest BCUT2D eigenvalue weighted by Crippen LogP contribution is 2.41. The molecule has 1 aliphatic carbocycles. The molecule has 1 saturated carbocycles. The van der Waals surface area contributed by atoms with Gasteiger partial charge in [0.15, 0.2) is 12.1 Å². The summed E-state index contributed by atoms with van der Waals surface area (Å²) < 4.78 is 12.5. The first-order valence-corrected chi connectivity index (χ1v) is 11.3. The Kier molecular flexibility index (Phi) is 6.03. The lowest BCUT2D eigenvalue weighted by Gasteiger charge is -2.29. The van der Waals surface area contributed by atoms with Gasteiger partial charge in [-0.05, 0) is 19.8 Å². The van der Waals surface area contributed by atoms with E-state index in [1.54, 1.807) is 23.1 Å². The lowest BCUT2D eigenvalue weighted by atomic mass is 10.2. The SMILES string of the molecule is COc1cc(N2CCOCC2)c([N+](=O)[O-])cc1Nc1ncc(C)c(-n2cc(C=O)c(C3CC3)n2)n1. The number of anilines is 3. The van der Waals surface area contributed by atoms with Crippen molar-refractivity contribution in [2.75, 3.05) is 43.6 Å². The van der Waals surface area contributed by atoms with E-state index in [2.05, 4.69) is 20.4 Å². The molecule has 0 bridgehead atoms. The number of hydrogen-bond acceptors (Lipinski definition) is 10. The van der Waals surface area contributed by atoms with E-state index in [0.717, 1.165) is 30.4 Å². The fourth-order valence-corrected chi connectivity index (χ4v) is 4.15. The van der Waals surface area contributed by atoms with Crippen LogP contribution in [0.2, 0.25) is 0 Å². The van der Waals surface area contributed by atoms with Crippen LogP contribution in [0.1, 0.15) is 40.4 Å². The Morgan fingerprint density at radius 2 is 2.06 bits per heavy atom. The van der Waals surface area contributed by atoms with Gasteiger partial charge in [-0.25, -0.2) is 9.67 Å². The summed E-state index contributed by atoms with van der Waals surface area (Å²) in [5.74, 6) is 1.46. The van der Waals surface area contributed by atoms with Crippen LogP contribution in [0.5, 0.6) is 5.75 Å². The second-order valence-corrected chi connectivity index (χ2v) is 8.53. The molecule has 2 aromatic heterocycles. The van der Waals surface area contributed by atoms with E-state index in [1.807, 2.05) is 11.8 Å². The quantitative estimate of drug-likeness (QED) is 0.291. The minimum atomic E-state index is -0.416. The molecular weight excluding hydrogens is 454 g/mol. The first kappa shape index (κ1) is 22.7. The van der Waals surface area contributed by atoms with Crippen molar-refractivity contribution in [3.63, 3.8) is 0 Å². The summed E-state index contributed by atoms with van der Waals surface area (Å²) in [6.07, 6.45) is 6.15. The predicted molar refractivity (Wildman–Crippen MR) is 127 cm³/mol. The Morgan fingerprint density at radius 3 is 2.71 bits per heavy atom. The summed E-state index contributed by atoms with van der Waals surface area (Å²) >= 11 is 0. The van der Waals surface area contributed by atoms with E-state index in [-0.39, 0.29) is 11.6 Å². The van der Waals surface area contributed by atoms with E-state index in [4.69, 9.17) is 9.47 Å². The Labute approximate surface area is 201 Å². The average Bonchev–Trinajstić information content (AvgIpc) is 3.63. The second-order valence-electron chi connectivity index (χ2n) is 8.53. The number of nitrogens with one attached hydrogen (secondary N) is 1. The smallest absolute Gasteiger partial charge is 0.294 e. The van der Waals surface area contributed by atoms with Crippen molar-refractivity contribution in [3.8, 4) is 11.6 Å². The van der Waals surface area contributed by atoms with E-state index < -0.39 is 4.92 Å². The number of methoxy groups -OCH3 is 1. The molecule has 0 spiro atoms. The van der Waals surface area contributed by atoms with Gasteiger partial charge in [0, 0.05) is 49.1 Å². The van der Waals surface area contributed by atoms with Gasteiger partial charge in [0.1, 0.15) is 11.4 Å². The fourth-order valence-electron chi connectivity index (χ4n) is 4.15. The van der Waals surface area contributed by atoms with Crippen molar-refractivity contribution < 1.29 is 19.2 Å². The van der Waals surface area contributed by atoms with Crippen LogP contribution in [0, 0.1) is 17.0 Å². The number of rotatable bonds is 8. The number of aryl methyl sites for hydroxylation is 1. The van der Waals surface area contributed by atoms with Gasteiger partial charge < -0.3 is 19.7 Å². The van der Waals surface area contributed by atoms with Crippen LogP contribution in [0.15, 0.2) is 24.5 Å². The zero-order valence-corrected chi connectivity index (χ0v) is 19.4. The third-order valence-corrected chi connectivity index (χ3v) is 6.12. The molecule has 5 rings (SSSR count). The number of nitrogens with zero attached hydrogens (tertiary/aromatic N) is 6. The van der Waals surface area contributed by atoms with Crippen molar-refractivity contribution >= 4 is 29.3 Å². The summed E-state index contributed by atoms with van der Waals surface area (Å²) in [6, 6.07) is 3.07. The van der Waals surface area contributed by atoms with E-state index in [9.17, 15) is 14.9 Å². The van der Waals surface area contributed by atoms with Crippen LogP contribution >= 0.6 is 0 Å². The number of nitro benzene ring substituents is 1. The summed E-state index contributed by atoms with van der Waals surface area (Å²) in [5, 5.41) is 19.5. The third-order valence-electron chi connectivity index (χ3n) is 6.12. The standard InChI is InChI=1S/C23H25N7O5/c1-14-11-24-23(26-22(14)29-12-16(13-31)21(27-29)15-3-4-15)25-17-9-19(30(32)33)18(10-20(17)34-2)28-5-7-35-8-6-28/h9-13,15H,3-8H2,1-2H3,(H,24,25,26). The fraction of sp³-hybridized carbons (Fsp3) is 0.391. The summed E-state index contributed by atoms with van der Waals surface area (Å²) in [7, 11) is 1.50. The van der Waals surface area contributed by atoms with Crippen LogP contribution in [0.3, 0.4) is 0 Å². The Hall–Kier alpha value is -4.06. The number of aldehydes is 1. The number of morpholine rings is 1. The number of carbonyl (C=O) groups excluding carboxylic acids is 1. The molecule has 2 fully saturated rings. The summed E-state index contributed by atoms with van der Waals surface area (Å²) in [6.45, 7) is 3.95. The van der Waals surface area contributed by atoms with E-state index in [1.165, 1.54) is 13.2 Å². The number of aromatic nitrogens is 4. The molecule has 182 valence electrons. The highest BCUT2D eigenvalue weighted by atomic mass is 16.6. The molecule has 1 N–H and O–H groups in total. The Morgan fingerprint density at radius 1 is 1.29 bits per heavy atom. The van der Waals surface area contributed by atoms with Crippen molar-refractivity contribution in [3.05, 3.63) is 51.5 Å². The highest BCUT2D eigenvalue weighted by molar-refractivity contribution is 5.78. The first-order chi connectivity index (χ1) is 17.0. The Balaban J connectivity index is 1.50. The van der Waals surface area contributed by atoms with Crippen LogP contribution < -0.4 is 15.0 Å². The molecule has 12 heteroatoms. The molecule has 0 atom stereocenters. The van der Waals surface area contributed by atoms with Crippen LogP contribution in [-0.4, -0.2) is 64.4 Å². The normalized spacial score (nSPS) is 15.7. The lowest BCUT2D eigenvalue weighted by Crippen LogP contribution is -2.36. The van der Waals surface area contributed by atoms with Gasteiger partial charge in [-0.15, -0.1) is 0 Å². The third kappa shape index (κ3) is 4.52. The van der Waals surface area contributed by atoms with Gasteiger partial charge in [0.25, 0.3) is 5.69 Å². The molecule has 35 heavy (non-hydrogen) atoms. The first-order valence-electron chi connectivity index (χ1n) is 11.3. The second kappa shape index (κ2) is 9.29. The minimum absolute atomic E-state index is 0.0562. The summed E-state index contributed by atoms with van der Waals surface area (Å²) in [5.41, 5.74) is 2.87. The number of ether oxygens (including phenoxy) is 2. The summed E-state index contributed by atoms with van der Waals surface area (Å²) in [4.78, 5) is 33.8. The van der Waals surface area contributed by atoms with Gasteiger partial charge in [-0.1, -0.05) is 0 Å². The number of carbonyl (C=O) groups is 1. The van der Waals surface area contributed by atoms with Gasteiger partial charge in [0.05, 0.1) is 42.2 Å². The maximum Gasteiger partial charge on any atom is 0.294 e. The largest absolute Gasteiger partial charge is 0.494 e. The number of hydrogen-bond donors (Lipinski definition) is 1. The van der Waals surface area contributed by atoms with Crippen LogP contribution in [0.25, 0.3) is 5.82 Å². The number of nitro groups is 1. The molecule has 1 aliphatic heterocycles. The topological polar surface area (TPSA) is 138 Å². The highest BCUT2D eigenvalue weighted by Gasteiger charge is 2.30. The zero-order chi connectivity index (χ0) is 24.5. The molecule has 1 saturated heterocycles. The molecule has 0 amide bonds. The van der Waals surface area contributed by atoms with Gasteiger partial charge in [-0.2, -0.15) is 10.1 Å². The minimum Gasteiger partial charge on any atom is -0.494 e. The lowest BCUT2D eigenvalue weighted by molar-refractivity contribution is -0.384. The zero-order valence-electron chi connectivity index (χ0n) is 19.4. The maximum absolute atomic E-state index is 11.9.